The zero-order valence-corrected chi connectivity index (χ0v) is 13.5. The average Bonchev–Trinajstić information content (AvgIpc) is 3.04. The molecule has 2 aromatic carbocycles. The Kier molecular flexibility index (Phi) is 5.03. The van der Waals surface area contributed by atoms with Gasteiger partial charge in [0.25, 0.3) is 0 Å². The van der Waals surface area contributed by atoms with Crippen molar-refractivity contribution in [3.63, 3.8) is 0 Å². The number of aryl methyl sites for hydroxylation is 1. The number of hydrogen-bond donors (Lipinski definition) is 3. The third kappa shape index (κ3) is 3.88. The maximum atomic E-state index is 12.9. The van der Waals surface area contributed by atoms with Crippen LogP contribution in [0.1, 0.15) is 22.8 Å². The molecule has 1 atom stereocenters. The fraction of sp³-hybridized carbons (Fsp3) is 0.211. The van der Waals surface area contributed by atoms with Crippen LogP contribution in [0, 0.1) is 12.7 Å². The number of rotatable bonds is 6. The molecular weight excluding hydrogens is 305 g/mol. The molecule has 0 aliphatic heterocycles. The molecule has 5 heteroatoms. The standard InChI is InChI=1S/C19H20FN3O/c1-13-3-2-4-15(9-13)19-16(11-22-23-19)10-21-12-18(24)14-5-7-17(20)8-6-14/h2-9,11,18,21,24H,10,12H2,1H3,(H,22,23). The van der Waals surface area contributed by atoms with Crippen molar-refractivity contribution in [3.05, 3.63) is 77.2 Å². The lowest BCUT2D eigenvalue weighted by atomic mass is 10.1. The molecule has 4 nitrogen and oxygen atoms in total. The number of aromatic amines is 1. The number of nitrogens with one attached hydrogen (secondary N) is 2. The first-order valence-corrected chi connectivity index (χ1v) is 7.87. The molecule has 0 spiro atoms. The Hall–Kier alpha value is -2.50. The average molecular weight is 325 g/mol. The molecule has 0 aliphatic carbocycles. The third-order valence-electron chi connectivity index (χ3n) is 3.93. The van der Waals surface area contributed by atoms with Gasteiger partial charge in [0.15, 0.2) is 0 Å². The van der Waals surface area contributed by atoms with Gasteiger partial charge in [0.1, 0.15) is 5.82 Å². The van der Waals surface area contributed by atoms with Gasteiger partial charge in [-0.3, -0.25) is 5.10 Å². The van der Waals surface area contributed by atoms with E-state index in [9.17, 15) is 9.50 Å². The molecule has 0 aliphatic rings. The SMILES string of the molecule is Cc1cccc(-c2[nH]ncc2CNCC(O)c2ccc(F)cc2)c1. The summed E-state index contributed by atoms with van der Waals surface area (Å²) < 4.78 is 12.9. The molecule has 24 heavy (non-hydrogen) atoms. The largest absolute Gasteiger partial charge is 0.387 e. The Balaban J connectivity index is 1.62. The second kappa shape index (κ2) is 7.38. The Morgan fingerprint density at radius 1 is 1.21 bits per heavy atom. The third-order valence-corrected chi connectivity index (χ3v) is 3.93. The molecule has 3 rings (SSSR count). The molecular formula is C19H20FN3O. The Morgan fingerprint density at radius 3 is 2.75 bits per heavy atom. The highest BCUT2D eigenvalue weighted by Crippen LogP contribution is 2.22. The molecule has 0 bridgehead atoms. The number of hydrogen-bond acceptors (Lipinski definition) is 3. The molecule has 124 valence electrons. The maximum absolute atomic E-state index is 12.9. The summed E-state index contributed by atoms with van der Waals surface area (Å²) >= 11 is 0. The van der Waals surface area contributed by atoms with E-state index in [0.717, 1.165) is 16.8 Å². The smallest absolute Gasteiger partial charge is 0.123 e. The molecule has 1 heterocycles. The summed E-state index contributed by atoms with van der Waals surface area (Å²) in [5.41, 5.74) is 4.97. The Bertz CT molecular complexity index is 798. The van der Waals surface area contributed by atoms with E-state index in [1.54, 1.807) is 18.3 Å². The van der Waals surface area contributed by atoms with Gasteiger partial charge in [-0.1, -0.05) is 35.9 Å². The predicted octanol–water partition coefficient (Wildman–Crippen LogP) is 3.35. The molecule has 1 unspecified atom stereocenters. The predicted molar refractivity (Wildman–Crippen MR) is 91.8 cm³/mol. The van der Waals surface area contributed by atoms with E-state index < -0.39 is 6.10 Å². The van der Waals surface area contributed by atoms with Crippen molar-refractivity contribution in [2.75, 3.05) is 6.54 Å². The lowest BCUT2D eigenvalue weighted by Gasteiger charge is -2.12. The minimum atomic E-state index is -0.681. The number of halogens is 1. The first-order chi connectivity index (χ1) is 11.6. The topological polar surface area (TPSA) is 60.9 Å². The van der Waals surface area contributed by atoms with Gasteiger partial charge in [0.05, 0.1) is 18.0 Å². The van der Waals surface area contributed by atoms with Crippen molar-refractivity contribution >= 4 is 0 Å². The summed E-state index contributed by atoms with van der Waals surface area (Å²) in [7, 11) is 0. The number of nitrogens with zero attached hydrogens (tertiary/aromatic N) is 1. The second-order valence-corrected chi connectivity index (χ2v) is 5.84. The highest BCUT2D eigenvalue weighted by molar-refractivity contribution is 5.63. The minimum absolute atomic E-state index is 0.305. The van der Waals surface area contributed by atoms with Crippen LogP contribution in [0.3, 0.4) is 0 Å². The van der Waals surface area contributed by atoms with Crippen LogP contribution in [0.4, 0.5) is 4.39 Å². The van der Waals surface area contributed by atoms with Gasteiger partial charge in [-0.25, -0.2) is 4.39 Å². The molecule has 1 aromatic heterocycles. The molecule has 0 fully saturated rings. The minimum Gasteiger partial charge on any atom is -0.387 e. The summed E-state index contributed by atoms with van der Waals surface area (Å²) in [6.45, 7) is 3.01. The van der Waals surface area contributed by atoms with Crippen LogP contribution in [0.15, 0.2) is 54.7 Å². The first kappa shape index (κ1) is 16.4. The Morgan fingerprint density at radius 2 is 2.00 bits per heavy atom. The molecule has 0 radical (unpaired) electrons. The zero-order chi connectivity index (χ0) is 16.9. The first-order valence-electron chi connectivity index (χ1n) is 7.87. The summed E-state index contributed by atoms with van der Waals surface area (Å²) in [4.78, 5) is 0. The van der Waals surface area contributed by atoms with E-state index in [1.807, 2.05) is 12.1 Å². The van der Waals surface area contributed by atoms with E-state index >= 15 is 0 Å². The van der Waals surface area contributed by atoms with Crippen LogP contribution in [-0.4, -0.2) is 21.8 Å². The summed E-state index contributed by atoms with van der Waals surface area (Å²) in [5, 5.41) is 20.5. The monoisotopic (exact) mass is 325 g/mol. The van der Waals surface area contributed by atoms with Gasteiger partial charge in [0, 0.05) is 24.2 Å². The Labute approximate surface area is 140 Å². The van der Waals surface area contributed by atoms with Gasteiger partial charge in [0.2, 0.25) is 0 Å². The van der Waals surface area contributed by atoms with Crippen molar-refractivity contribution in [2.24, 2.45) is 0 Å². The highest BCUT2D eigenvalue weighted by Gasteiger charge is 2.10. The van der Waals surface area contributed by atoms with Crippen LogP contribution in [0.25, 0.3) is 11.3 Å². The highest BCUT2D eigenvalue weighted by atomic mass is 19.1. The van der Waals surface area contributed by atoms with Gasteiger partial charge in [-0.2, -0.15) is 5.10 Å². The van der Waals surface area contributed by atoms with Crippen molar-refractivity contribution in [2.45, 2.75) is 19.6 Å². The van der Waals surface area contributed by atoms with Crippen LogP contribution >= 0.6 is 0 Å². The number of benzene rings is 2. The van der Waals surface area contributed by atoms with Crippen molar-refractivity contribution in [1.29, 1.82) is 0 Å². The molecule has 0 amide bonds. The van der Waals surface area contributed by atoms with E-state index in [0.29, 0.717) is 18.7 Å². The van der Waals surface area contributed by atoms with Crippen molar-refractivity contribution < 1.29 is 9.50 Å². The number of aliphatic hydroxyl groups is 1. The fourth-order valence-corrected chi connectivity index (χ4v) is 2.64. The zero-order valence-electron chi connectivity index (χ0n) is 13.5. The van der Waals surface area contributed by atoms with Gasteiger partial charge in [-0.15, -0.1) is 0 Å². The molecule has 3 aromatic rings. The van der Waals surface area contributed by atoms with Gasteiger partial charge >= 0.3 is 0 Å². The summed E-state index contributed by atoms with van der Waals surface area (Å²) in [5.74, 6) is -0.305. The van der Waals surface area contributed by atoms with E-state index in [1.165, 1.54) is 17.7 Å². The van der Waals surface area contributed by atoms with E-state index in [-0.39, 0.29) is 5.82 Å². The van der Waals surface area contributed by atoms with Gasteiger partial charge < -0.3 is 10.4 Å². The van der Waals surface area contributed by atoms with E-state index in [2.05, 4.69) is 34.6 Å². The number of aromatic nitrogens is 2. The molecule has 0 saturated heterocycles. The van der Waals surface area contributed by atoms with Crippen LogP contribution in [-0.2, 0) is 6.54 Å². The van der Waals surface area contributed by atoms with Gasteiger partial charge in [-0.05, 0) is 30.7 Å². The number of aliphatic hydroxyl groups excluding tert-OH is 1. The van der Waals surface area contributed by atoms with Crippen LogP contribution < -0.4 is 5.32 Å². The van der Waals surface area contributed by atoms with E-state index in [4.69, 9.17) is 0 Å². The lowest BCUT2D eigenvalue weighted by molar-refractivity contribution is 0.174. The molecule has 3 N–H and O–H groups in total. The van der Waals surface area contributed by atoms with Crippen molar-refractivity contribution in [1.82, 2.24) is 15.5 Å². The van der Waals surface area contributed by atoms with Crippen LogP contribution in [0.5, 0.6) is 0 Å². The molecule has 0 saturated carbocycles. The summed E-state index contributed by atoms with van der Waals surface area (Å²) in [6, 6.07) is 14.1. The van der Waals surface area contributed by atoms with Crippen molar-refractivity contribution in [3.8, 4) is 11.3 Å². The second-order valence-electron chi connectivity index (χ2n) is 5.84. The maximum Gasteiger partial charge on any atom is 0.123 e. The number of H-pyrrole nitrogens is 1. The van der Waals surface area contributed by atoms with Crippen LogP contribution in [0.2, 0.25) is 0 Å². The lowest BCUT2D eigenvalue weighted by Crippen LogP contribution is -2.21. The summed E-state index contributed by atoms with van der Waals surface area (Å²) in [6.07, 6.45) is 1.11. The normalized spacial score (nSPS) is 12.3. The fourth-order valence-electron chi connectivity index (χ4n) is 2.64. The quantitative estimate of drug-likeness (QED) is 0.651.